The molecule has 1 aromatic carbocycles. The molecule has 150 valence electrons. The van der Waals surface area contributed by atoms with E-state index in [9.17, 15) is 9.59 Å². The van der Waals surface area contributed by atoms with Gasteiger partial charge < -0.3 is 19.9 Å². The first-order valence-corrected chi connectivity index (χ1v) is 10.4. The molecule has 9 heteroatoms. The summed E-state index contributed by atoms with van der Waals surface area (Å²) in [7, 11) is 1.87. The lowest BCUT2D eigenvalue weighted by atomic mass is 10.2. The largest absolute Gasteiger partial charge is 0.376 e. The van der Waals surface area contributed by atoms with Crippen molar-refractivity contribution < 1.29 is 14.3 Å². The van der Waals surface area contributed by atoms with E-state index >= 15 is 0 Å². The summed E-state index contributed by atoms with van der Waals surface area (Å²) in [5, 5.41) is 14.8. The van der Waals surface area contributed by atoms with E-state index in [-0.39, 0.29) is 23.7 Å². The van der Waals surface area contributed by atoms with Crippen LogP contribution >= 0.6 is 11.8 Å². The summed E-state index contributed by atoms with van der Waals surface area (Å²) in [5.74, 6) is 0.917. The lowest BCUT2D eigenvalue weighted by Gasteiger charge is -2.10. The number of ether oxygens (including phenoxy) is 1. The van der Waals surface area contributed by atoms with Gasteiger partial charge in [-0.25, -0.2) is 0 Å². The molecule has 1 fully saturated rings. The number of hydrogen-bond acceptors (Lipinski definition) is 6. The number of aromatic nitrogens is 3. The number of amides is 2. The lowest BCUT2D eigenvalue weighted by molar-refractivity contribution is -0.119. The van der Waals surface area contributed by atoms with Gasteiger partial charge in [0.1, 0.15) is 0 Å². The maximum absolute atomic E-state index is 12.0. The number of carbonyl (C=O) groups excluding carboxylic acids is 2. The summed E-state index contributed by atoms with van der Waals surface area (Å²) in [6.07, 6.45) is 2.64. The molecule has 2 N–H and O–H groups in total. The predicted octanol–water partition coefficient (Wildman–Crippen LogP) is 2.22. The van der Waals surface area contributed by atoms with Gasteiger partial charge in [-0.05, 0) is 37.1 Å². The van der Waals surface area contributed by atoms with Crippen molar-refractivity contribution in [3.05, 3.63) is 24.3 Å². The van der Waals surface area contributed by atoms with Crippen LogP contribution in [0.2, 0.25) is 0 Å². The Labute approximate surface area is 168 Å². The monoisotopic (exact) mass is 403 g/mol. The molecule has 0 aliphatic carbocycles. The fraction of sp³-hybridized carbons (Fsp3) is 0.474. The maximum atomic E-state index is 12.0. The van der Waals surface area contributed by atoms with Gasteiger partial charge in [0, 0.05) is 37.9 Å². The molecule has 2 amide bonds. The van der Waals surface area contributed by atoms with Crippen LogP contribution in [0.25, 0.3) is 11.4 Å². The molecule has 1 atom stereocenters. The molecular formula is C19H25N5O3S. The first-order chi connectivity index (χ1) is 13.6. The van der Waals surface area contributed by atoms with Crippen LogP contribution in [0.4, 0.5) is 5.69 Å². The molecule has 0 saturated carbocycles. The minimum atomic E-state index is -0.0407. The van der Waals surface area contributed by atoms with E-state index < -0.39 is 0 Å². The molecule has 0 bridgehead atoms. The third-order valence-corrected chi connectivity index (χ3v) is 5.49. The van der Waals surface area contributed by atoms with Crippen LogP contribution < -0.4 is 10.6 Å². The highest BCUT2D eigenvalue weighted by Gasteiger charge is 2.17. The molecule has 1 saturated heterocycles. The zero-order chi connectivity index (χ0) is 19.9. The molecule has 3 rings (SSSR count). The quantitative estimate of drug-likeness (QED) is 0.656. The standard InChI is InChI=1S/C19H25N5O3S/c1-3-16(25)21-14-8-6-13(7-9-14)18-22-23-19(24(18)2)28-12-17(26)20-11-15-5-4-10-27-15/h6-9,15H,3-5,10-12H2,1-2H3,(H,20,26)(H,21,25)/t15-/m1/s1. The third kappa shape index (κ3) is 5.32. The van der Waals surface area contributed by atoms with Gasteiger partial charge in [-0.2, -0.15) is 0 Å². The number of thioether (sulfide) groups is 1. The lowest BCUT2D eigenvalue weighted by Crippen LogP contribution is -2.32. The van der Waals surface area contributed by atoms with Crippen LogP contribution in [0.5, 0.6) is 0 Å². The van der Waals surface area contributed by atoms with E-state index in [0.717, 1.165) is 30.7 Å². The normalized spacial score (nSPS) is 16.1. The Hall–Kier alpha value is -2.39. The topological polar surface area (TPSA) is 98.1 Å². The maximum Gasteiger partial charge on any atom is 0.230 e. The Balaban J connectivity index is 1.54. The highest BCUT2D eigenvalue weighted by atomic mass is 32.2. The van der Waals surface area contributed by atoms with E-state index in [2.05, 4.69) is 20.8 Å². The third-order valence-electron chi connectivity index (χ3n) is 4.47. The average molecular weight is 404 g/mol. The zero-order valence-corrected chi connectivity index (χ0v) is 16.9. The summed E-state index contributed by atoms with van der Waals surface area (Å²) in [6.45, 7) is 3.15. The van der Waals surface area contributed by atoms with Crippen LogP contribution in [0.1, 0.15) is 26.2 Å². The van der Waals surface area contributed by atoms with Crippen molar-refractivity contribution in [2.24, 2.45) is 7.05 Å². The molecule has 1 aromatic heterocycles. The zero-order valence-electron chi connectivity index (χ0n) is 16.1. The van der Waals surface area contributed by atoms with Crippen molar-refractivity contribution in [3.63, 3.8) is 0 Å². The van der Waals surface area contributed by atoms with E-state index in [1.165, 1.54) is 11.8 Å². The molecule has 2 heterocycles. The Morgan fingerprint density at radius 1 is 1.25 bits per heavy atom. The highest BCUT2D eigenvalue weighted by molar-refractivity contribution is 7.99. The fourth-order valence-electron chi connectivity index (χ4n) is 2.86. The van der Waals surface area contributed by atoms with Crippen LogP contribution in [0.3, 0.4) is 0 Å². The summed E-state index contributed by atoms with van der Waals surface area (Å²) >= 11 is 1.35. The van der Waals surface area contributed by atoms with Crippen molar-refractivity contribution in [3.8, 4) is 11.4 Å². The summed E-state index contributed by atoms with van der Waals surface area (Å²) in [4.78, 5) is 23.5. The molecule has 8 nitrogen and oxygen atoms in total. The number of hydrogen-bond donors (Lipinski definition) is 2. The van der Waals surface area contributed by atoms with Gasteiger partial charge in [0.2, 0.25) is 11.8 Å². The average Bonchev–Trinajstić information content (AvgIpc) is 3.35. The number of nitrogens with zero attached hydrogens (tertiary/aromatic N) is 3. The minimum Gasteiger partial charge on any atom is -0.376 e. The van der Waals surface area contributed by atoms with Crippen molar-refractivity contribution in [1.29, 1.82) is 0 Å². The number of carbonyl (C=O) groups is 2. The summed E-state index contributed by atoms with van der Waals surface area (Å²) in [6, 6.07) is 7.45. The van der Waals surface area contributed by atoms with Crippen LogP contribution in [0.15, 0.2) is 29.4 Å². The predicted molar refractivity (Wildman–Crippen MR) is 108 cm³/mol. The van der Waals surface area contributed by atoms with Gasteiger partial charge >= 0.3 is 0 Å². The molecule has 0 radical (unpaired) electrons. The van der Waals surface area contributed by atoms with Crippen molar-refractivity contribution >= 4 is 29.3 Å². The fourth-order valence-corrected chi connectivity index (χ4v) is 3.60. The first kappa shape index (κ1) is 20.3. The van der Waals surface area contributed by atoms with Crippen molar-refractivity contribution in [1.82, 2.24) is 20.1 Å². The van der Waals surface area contributed by atoms with Crippen LogP contribution in [0, 0.1) is 0 Å². The minimum absolute atomic E-state index is 0.0251. The van der Waals surface area contributed by atoms with Gasteiger partial charge in [-0.15, -0.1) is 10.2 Å². The van der Waals surface area contributed by atoms with E-state index in [4.69, 9.17) is 4.74 Å². The molecule has 1 aliphatic rings. The van der Waals surface area contributed by atoms with Crippen molar-refractivity contribution in [2.75, 3.05) is 24.2 Å². The number of anilines is 1. The molecule has 2 aromatic rings. The van der Waals surface area contributed by atoms with Crippen LogP contribution in [-0.4, -0.2) is 51.6 Å². The molecule has 1 aliphatic heterocycles. The van der Waals surface area contributed by atoms with E-state index in [0.29, 0.717) is 23.9 Å². The summed E-state index contributed by atoms with van der Waals surface area (Å²) in [5.41, 5.74) is 1.63. The van der Waals surface area contributed by atoms with Gasteiger partial charge in [0.15, 0.2) is 11.0 Å². The second-order valence-electron chi connectivity index (χ2n) is 6.57. The van der Waals surface area contributed by atoms with E-state index in [1.54, 1.807) is 0 Å². The summed E-state index contributed by atoms with van der Waals surface area (Å²) < 4.78 is 7.36. The van der Waals surface area contributed by atoms with Gasteiger partial charge in [-0.1, -0.05) is 18.7 Å². The Kier molecular flexibility index (Phi) is 7.05. The van der Waals surface area contributed by atoms with Crippen LogP contribution in [-0.2, 0) is 21.4 Å². The smallest absolute Gasteiger partial charge is 0.230 e. The van der Waals surface area contributed by atoms with Gasteiger partial charge in [0.05, 0.1) is 11.9 Å². The van der Waals surface area contributed by atoms with Gasteiger partial charge in [0.25, 0.3) is 0 Å². The molecule has 0 unspecified atom stereocenters. The van der Waals surface area contributed by atoms with E-state index in [1.807, 2.05) is 42.8 Å². The highest BCUT2D eigenvalue weighted by Crippen LogP contribution is 2.24. The molecule has 0 spiro atoms. The van der Waals surface area contributed by atoms with Gasteiger partial charge in [-0.3, -0.25) is 9.59 Å². The molecule has 28 heavy (non-hydrogen) atoms. The number of nitrogens with one attached hydrogen (secondary N) is 2. The second-order valence-corrected chi connectivity index (χ2v) is 7.51. The Morgan fingerprint density at radius 2 is 2.04 bits per heavy atom. The molecular weight excluding hydrogens is 378 g/mol. The van der Waals surface area contributed by atoms with Crippen molar-refractivity contribution in [2.45, 2.75) is 37.4 Å². The SMILES string of the molecule is CCC(=O)Nc1ccc(-c2nnc(SCC(=O)NC[C@H]3CCCO3)n2C)cc1. The Bertz CT molecular complexity index is 815. The first-order valence-electron chi connectivity index (χ1n) is 9.37. The Morgan fingerprint density at radius 3 is 2.71 bits per heavy atom. The second kappa shape index (κ2) is 9.70. The number of benzene rings is 1. The number of rotatable bonds is 8.